The van der Waals surface area contributed by atoms with Crippen molar-refractivity contribution in [2.75, 3.05) is 6.61 Å². The number of carbonyl (C=O) groups excluding carboxylic acids is 1. The first-order valence-electron chi connectivity index (χ1n) is 9.28. The Labute approximate surface area is 139 Å². The van der Waals surface area contributed by atoms with Crippen LogP contribution < -0.4 is 0 Å². The lowest BCUT2D eigenvalue weighted by Crippen LogP contribution is -2.63. The standard InChI is InChI=1S/C20H30O3/c1-12-9-20-10-13(12)4-5-14(20)18(2)7-6-16(22)19(3,11-21)15(18)8-17(20)23/h13-16,21-22H,1,4-11H2,2-3H3/t13-,14+,15+,16-,18+,19+,20+/m1/s1. The molecule has 0 unspecified atom stereocenters. The summed E-state index contributed by atoms with van der Waals surface area (Å²) < 4.78 is 0. The van der Waals surface area contributed by atoms with E-state index in [1.54, 1.807) is 0 Å². The van der Waals surface area contributed by atoms with Crippen LogP contribution in [0.4, 0.5) is 0 Å². The summed E-state index contributed by atoms with van der Waals surface area (Å²) in [6.45, 7) is 8.57. The maximum atomic E-state index is 13.3. The topological polar surface area (TPSA) is 57.5 Å². The van der Waals surface area contributed by atoms with Crippen molar-refractivity contribution >= 4 is 5.78 Å². The summed E-state index contributed by atoms with van der Waals surface area (Å²) in [7, 11) is 0. The molecule has 0 saturated heterocycles. The summed E-state index contributed by atoms with van der Waals surface area (Å²) >= 11 is 0. The van der Waals surface area contributed by atoms with Crippen molar-refractivity contribution < 1.29 is 15.0 Å². The Balaban J connectivity index is 1.80. The minimum absolute atomic E-state index is 0.0310. The Morgan fingerprint density at radius 3 is 2.65 bits per heavy atom. The number of hydrogen-bond donors (Lipinski definition) is 2. The van der Waals surface area contributed by atoms with Crippen LogP contribution >= 0.6 is 0 Å². The van der Waals surface area contributed by atoms with Crippen LogP contribution in [0, 0.1) is 34.0 Å². The maximum absolute atomic E-state index is 13.3. The molecule has 23 heavy (non-hydrogen) atoms. The normalized spacial score (nSPS) is 55.5. The highest BCUT2D eigenvalue weighted by Gasteiger charge is 2.68. The first-order chi connectivity index (χ1) is 10.8. The van der Waals surface area contributed by atoms with Crippen LogP contribution in [0.5, 0.6) is 0 Å². The summed E-state index contributed by atoms with van der Waals surface area (Å²) in [5.41, 5.74) is 0.629. The number of fused-ring (bicyclic) bond motifs is 3. The molecule has 0 radical (unpaired) electrons. The minimum Gasteiger partial charge on any atom is -0.396 e. The van der Waals surface area contributed by atoms with Crippen LogP contribution in [-0.2, 0) is 4.79 Å². The van der Waals surface area contributed by atoms with Crippen LogP contribution in [0.1, 0.15) is 58.8 Å². The van der Waals surface area contributed by atoms with Crippen molar-refractivity contribution in [2.24, 2.45) is 34.0 Å². The molecule has 0 aromatic heterocycles. The van der Waals surface area contributed by atoms with E-state index < -0.39 is 11.5 Å². The molecule has 0 heterocycles. The van der Waals surface area contributed by atoms with E-state index >= 15 is 0 Å². The van der Waals surface area contributed by atoms with Gasteiger partial charge in [-0.2, -0.15) is 0 Å². The number of carbonyl (C=O) groups is 1. The number of rotatable bonds is 1. The molecular weight excluding hydrogens is 288 g/mol. The number of aliphatic hydroxyl groups is 2. The third-order valence-corrected chi connectivity index (χ3v) is 8.59. The minimum atomic E-state index is -0.545. The van der Waals surface area contributed by atoms with Gasteiger partial charge in [0.05, 0.1) is 12.7 Å². The predicted octanol–water partition coefficient (Wildman–Crippen LogP) is 3.10. The van der Waals surface area contributed by atoms with Crippen molar-refractivity contribution in [3.8, 4) is 0 Å². The van der Waals surface area contributed by atoms with Crippen molar-refractivity contribution in [3.63, 3.8) is 0 Å². The zero-order valence-electron chi connectivity index (χ0n) is 14.5. The molecular formula is C20H30O3. The smallest absolute Gasteiger partial charge is 0.139 e. The fraction of sp³-hybridized carbons (Fsp3) is 0.850. The molecule has 3 nitrogen and oxygen atoms in total. The molecule has 2 bridgehead atoms. The summed E-state index contributed by atoms with van der Waals surface area (Å²) in [6, 6.07) is 0. The lowest BCUT2D eigenvalue weighted by atomic mass is 9.40. The lowest BCUT2D eigenvalue weighted by Gasteiger charge is -2.64. The zero-order valence-corrected chi connectivity index (χ0v) is 14.5. The van der Waals surface area contributed by atoms with Crippen LogP contribution in [0.15, 0.2) is 12.2 Å². The van der Waals surface area contributed by atoms with E-state index in [1.807, 2.05) is 6.92 Å². The second-order valence-corrected chi connectivity index (χ2v) is 9.43. The van der Waals surface area contributed by atoms with E-state index in [-0.39, 0.29) is 23.4 Å². The molecule has 128 valence electrons. The molecule has 0 aromatic carbocycles. The number of allylic oxidation sites excluding steroid dienone is 1. The summed E-state index contributed by atoms with van der Waals surface area (Å²) in [4.78, 5) is 13.3. The maximum Gasteiger partial charge on any atom is 0.139 e. The van der Waals surface area contributed by atoms with Gasteiger partial charge in [0.15, 0.2) is 0 Å². The van der Waals surface area contributed by atoms with Gasteiger partial charge in [-0.1, -0.05) is 26.0 Å². The number of ketones is 1. The molecule has 4 fully saturated rings. The summed E-state index contributed by atoms with van der Waals surface area (Å²) in [5.74, 6) is 1.43. The van der Waals surface area contributed by atoms with E-state index in [0.717, 1.165) is 32.1 Å². The zero-order chi connectivity index (χ0) is 16.6. The highest BCUT2D eigenvalue weighted by molar-refractivity contribution is 5.88. The van der Waals surface area contributed by atoms with Gasteiger partial charge in [-0.05, 0) is 61.7 Å². The van der Waals surface area contributed by atoms with E-state index in [9.17, 15) is 15.0 Å². The third-order valence-electron chi connectivity index (χ3n) is 8.59. The monoisotopic (exact) mass is 318 g/mol. The fourth-order valence-corrected chi connectivity index (χ4v) is 7.21. The molecule has 4 saturated carbocycles. The molecule has 1 spiro atoms. The SMILES string of the molecule is C=C1C[C@]23C[C@H]1CC[C@H]2[C@]1(C)CC[C@@H](O)[C@@](C)(CO)[C@H]1CC3=O. The summed E-state index contributed by atoms with van der Waals surface area (Å²) in [5, 5.41) is 20.6. The van der Waals surface area contributed by atoms with Gasteiger partial charge in [0, 0.05) is 17.3 Å². The first kappa shape index (κ1) is 15.8. The highest BCUT2D eigenvalue weighted by atomic mass is 16.3. The van der Waals surface area contributed by atoms with Crippen molar-refractivity contribution in [1.29, 1.82) is 0 Å². The molecule has 3 heteroatoms. The van der Waals surface area contributed by atoms with Crippen LogP contribution in [0.25, 0.3) is 0 Å². The second kappa shape index (κ2) is 4.70. The van der Waals surface area contributed by atoms with Gasteiger partial charge in [-0.3, -0.25) is 4.79 Å². The van der Waals surface area contributed by atoms with E-state index in [2.05, 4.69) is 13.5 Å². The summed E-state index contributed by atoms with van der Waals surface area (Å²) in [6.07, 6.45) is 5.93. The molecule has 4 aliphatic carbocycles. The molecule has 4 aliphatic rings. The Morgan fingerprint density at radius 2 is 1.96 bits per heavy atom. The van der Waals surface area contributed by atoms with Gasteiger partial charge < -0.3 is 10.2 Å². The Morgan fingerprint density at radius 1 is 1.22 bits per heavy atom. The van der Waals surface area contributed by atoms with Gasteiger partial charge in [0.25, 0.3) is 0 Å². The van der Waals surface area contributed by atoms with Crippen molar-refractivity contribution in [3.05, 3.63) is 12.2 Å². The molecule has 0 amide bonds. The highest BCUT2D eigenvalue weighted by Crippen LogP contribution is 2.70. The van der Waals surface area contributed by atoms with Gasteiger partial charge in [-0.25, -0.2) is 0 Å². The molecule has 0 aliphatic heterocycles. The van der Waals surface area contributed by atoms with E-state index in [0.29, 0.717) is 24.0 Å². The van der Waals surface area contributed by atoms with E-state index in [4.69, 9.17) is 0 Å². The number of Topliss-reactive ketones (excluding diaryl/α,β-unsaturated/α-hetero) is 1. The molecule has 0 aromatic rings. The molecule has 4 rings (SSSR count). The van der Waals surface area contributed by atoms with Crippen LogP contribution in [-0.4, -0.2) is 28.7 Å². The van der Waals surface area contributed by atoms with Crippen LogP contribution in [0.3, 0.4) is 0 Å². The average molecular weight is 318 g/mol. The molecule has 7 atom stereocenters. The van der Waals surface area contributed by atoms with Gasteiger partial charge in [-0.15, -0.1) is 0 Å². The fourth-order valence-electron chi connectivity index (χ4n) is 7.21. The largest absolute Gasteiger partial charge is 0.396 e. The number of aliphatic hydroxyl groups excluding tert-OH is 2. The quantitative estimate of drug-likeness (QED) is 0.731. The first-order valence-corrected chi connectivity index (χ1v) is 9.28. The number of hydrogen-bond acceptors (Lipinski definition) is 3. The van der Waals surface area contributed by atoms with Gasteiger partial charge >= 0.3 is 0 Å². The van der Waals surface area contributed by atoms with Gasteiger partial charge in [0.1, 0.15) is 5.78 Å². The van der Waals surface area contributed by atoms with Crippen molar-refractivity contribution in [2.45, 2.75) is 64.9 Å². The van der Waals surface area contributed by atoms with Gasteiger partial charge in [0.2, 0.25) is 0 Å². The second-order valence-electron chi connectivity index (χ2n) is 9.43. The Kier molecular flexibility index (Phi) is 3.23. The predicted molar refractivity (Wildman–Crippen MR) is 88.7 cm³/mol. The van der Waals surface area contributed by atoms with Crippen molar-refractivity contribution in [1.82, 2.24) is 0 Å². The Hall–Kier alpha value is -0.670. The van der Waals surface area contributed by atoms with E-state index in [1.165, 1.54) is 12.0 Å². The average Bonchev–Trinajstić information content (AvgIpc) is 2.78. The molecule has 2 N–H and O–H groups in total. The Bertz CT molecular complexity index is 569. The lowest BCUT2D eigenvalue weighted by molar-refractivity contribution is -0.197. The van der Waals surface area contributed by atoms with Crippen LogP contribution in [0.2, 0.25) is 0 Å². The third kappa shape index (κ3) is 1.76.